The molecule has 28 heavy (non-hydrogen) atoms. The summed E-state index contributed by atoms with van der Waals surface area (Å²) in [5, 5.41) is 0. The van der Waals surface area contributed by atoms with Crippen molar-refractivity contribution in [2.45, 2.75) is 136 Å². The molecule has 1 unspecified atom stereocenters. The van der Waals surface area contributed by atoms with E-state index in [1.54, 1.807) is 5.56 Å². The lowest BCUT2D eigenvalue weighted by molar-refractivity contribution is 0.400. The fourth-order valence-corrected chi connectivity index (χ4v) is 4.43. The Labute approximate surface area is 177 Å². The van der Waals surface area contributed by atoms with Gasteiger partial charge in [-0.3, -0.25) is 0 Å². The molecule has 0 spiro atoms. The van der Waals surface area contributed by atoms with E-state index in [-0.39, 0.29) is 0 Å². The van der Waals surface area contributed by atoms with Crippen LogP contribution < -0.4 is 0 Å². The first kappa shape index (κ1) is 25.3. The lowest BCUT2D eigenvalue weighted by atomic mass is 9.88. The number of benzene rings is 1. The smallest absolute Gasteiger partial charge is 0.0250 e. The van der Waals surface area contributed by atoms with Gasteiger partial charge in [0.15, 0.2) is 0 Å². The van der Waals surface area contributed by atoms with Gasteiger partial charge in [0.1, 0.15) is 0 Å². The summed E-state index contributed by atoms with van der Waals surface area (Å²) < 4.78 is 0. The summed E-state index contributed by atoms with van der Waals surface area (Å²) in [7, 11) is 0. The Kier molecular flexibility index (Phi) is 17.6. The number of hydrogen-bond donors (Lipinski definition) is 0. The molecule has 0 saturated heterocycles. The first-order valence-electron chi connectivity index (χ1n) is 12.9. The molecule has 1 atom stereocenters. The maximum atomic E-state index is 2.33. The molecule has 0 heteroatoms. The quantitative estimate of drug-likeness (QED) is 0.195. The van der Waals surface area contributed by atoms with E-state index < -0.39 is 0 Å². The summed E-state index contributed by atoms with van der Waals surface area (Å²) in [6.07, 6.45) is 27.2. The monoisotopic (exact) mass is 386 g/mol. The van der Waals surface area contributed by atoms with Gasteiger partial charge in [-0.2, -0.15) is 0 Å². The molecule has 0 aromatic heterocycles. The predicted octanol–water partition coefficient (Wildman–Crippen LogP) is 9.91. The molecule has 0 radical (unpaired) electrons. The van der Waals surface area contributed by atoms with E-state index in [4.69, 9.17) is 0 Å². The molecule has 0 heterocycles. The van der Waals surface area contributed by atoms with Crippen LogP contribution in [-0.4, -0.2) is 0 Å². The molecular formula is C28H50. The maximum Gasteiger partial charge on any atom is -0.0250 e. The Morgan fingerprint density at radius 3 is 1.32 bits per heavy atom. The van der Waals surface area contributed by atoms with Crippen LogP contribution in [-0.2, 0) is 6.42 Å². The second-order valence-corrected chi connectivity index (χ2v) is 9.08. The Morgan fingerprint density at radius 2 is 0.893 bits per heavy atom. The van der Waals surface area contributed by atoms with Crippen molar-refractivity contribution in [3.05, 3.63) is 35.9 Å². The third-order valence-corrected chi connectivity index (χ3v) is 6.30. The van der Waals surface area contributed by atoms with Gasteiger partial charge >= 0.3 is 0 Å². The first-order chi connectivity index (χ1) is 13.9. The highest BCUT2D eigenvalue weighted by molar-refractivity contribution is 5.15. The summed E-state index contributed by atoms with van der Waals surface area (Å²) in [5.41, 5.74) is 1.55. The van der Waals surface area contributed by atoms with Crippen LogP contribution in [0.1, 0.15) is 135 Å². The molecular weight excluding hydrogens is 336 g/mol. The van der Waals surface area contributed by atoms with Crippen LogP contribution in [0.15, 0.2) is 30.3 Å². The molecule has 0 bridgehead atoms. The molecule has 0 nitrogen and oxygen atoms in total. The normalized spacial score (nSPS) is 12.4. The average molecular weight is 387 g/mol. The van der Waals surface area contributed by atoms with Crippen LogP contribution in [0.3, 0.4) is 0 Å². The van der Waals surface area contributed by atoms with Gasteiger partial charge in [-0.15, -0.1) is 0 Å². The SMILES string of the molecule is CCCCCCCCCCCC(CCCCCCCCC)Cc1ccccc1. The van der Waals surface area contributed by atoms with E-state index >= 15 is 0 Å². The van der Waals surface area contributed by atoms with Crippen LogP contribution >= 0.6 is 0 Å². The molecule has 1 aromatic rings. The largest absolute Gasteiger partial charge is 0.0654 e. The minimum absolute atomic E-state index is 0.905. The van der Waals surface area contributed by atoms with Crippen molar-refractivity contribution in [1.82, 2.24) is 0 Å². The van der Waals surface area contributed by atoms with Gasteiger partial charge in [-0.25, -0.2) is 0 Å². The molecule has 0 fully saturated rings. The van der Waals surface area contributed by atoms with Crippen molar-refractivity contribution >= 4 is 0 Å². The van der Waals surface area contributed by atoms with E-state index in [0.29, 0.717) is 0 Å². The summed E-state index contributed by atoms with van der Waals surface area (Å²) in [5.74, 6) is 0.905. The summed E-state index contributed by atoms with van der Waals surface area (Å²) in [6, 6.07) is 11.2. The van der Waals surface area contributed by atoms with Crippen molar-refractivity contribution in [3.8, 4) is 0 Å². The molecule has 1 rings (SSSR count). The zero-order valence-electron chi connectivity index (χ0n) is 19.4. The first-order valence-corrected chi connectivity index (χ1v) is 12.9. The van der Waals surface area contributed by atoms with Gasteiger partial charge in [0.2, 0.25) is 0 Å². The number of unbranched alkanes of at least 4 members (excludes halogenated alkanes) is 14. The van der Waals surface area contributed by atoms with Gasteiger partial charge < -0.3 is 0 Å². The molecule has 0 N–H and O–H groups in total. The molecule has 0 aliphatic carbocycles. The Bertz CT molecular complexity index is 407. The van der Waals surface area contributed by atoms with Crippen molar-refractivity contribution in [1.29, 1.82) is 0 Å². The Morgan fingerprint density at radius 1 is 0.500 bits per heavy atom. The highest BCUT2D eigenvalue weighted by Gasteiger charge is 2.09. The van der Waals surface area contributed by atoms with Gasteiger partial charge in [-0.05, 0) is 17.9 Å². The van der Waals surface area contributed by atoms with Gasteiger partial charge in [0.25, 0.3) is 0 Å². The topological polar surface area (TPSA) is 0 Å². The van der Waals surface area contributed by atoms with Crippen LogP contribution in [0.2, 0.25) is 0 Å². The lowest BCUT2D eigenvalue weighted by Gasteiger charge is -2.17. The summed E-state index contributed by atoms with van der Waals surface area (Å²) in [4.78, 5) is 0. The second kappa shape index (κ2) is 19.5. The minimum Gasteiger partial charge on any atom is -0.0654 e. The molecule has 1 aromatic carbocycles. The van der Waals surface area contributed by atoms with Crippen LogP contribution in [0.25, 0.3) is 0 Å². The Hall–Kier alpha value is -0.780. The molecule has 0 saturated carbocycles. The van der Waals surface area contributed by atoms with E-state index in [0.717, 1.165) is 5.92 Å². The van der Waals surface area contributed by atoms with Crippen molar-refractivity contribution in [2.75, 3.05) is 0 Å². The summed E-state index contributed by atoms with van der Waals surface area (Å²) >= 11 is 0. The van der Waals surface area contributed by atoms with Crippen molar-refractivity contribution < 1.29 is 0 Å². The van der Waals surface area contributed by atoms with Crippen molar-refractivity contribution in [2.24, 2.45) is 5.92 Å². The van der Waals surface area contributed by atoms with E-state index in [2.05, 4.69) is 44.2 Å². The molecule has 0 aliphatic rings. The second-order valence-electron chi connectivity index (χ2n) is 9.08. The van der Waals surface area contributed by atoms with Gasteiger partial charge in [-0.1, -0.05) is 160 Å². The van der Waals surface area contributed by atoms with Crippen LogP contribution in [0.4, 0.5) is 0 Å². The van der Waals surface area contributed by atoms with E-state index in [9.17, 15) is 0 Å². The molecule has 0 aliphatic heterocycles. The van der Waals surface area contributed by atoms with Gasteiger partial charge in [0.05, 0.1) is 0 Å². The minimum atomic E-state index is 0.905. The summed E-state index contributed by atoms with van der Waals surface area (Å²) in [6.45, 7) is 4.61. The third kappa shape index (κ3) is 15.2. The average Bonchev–Trinajstić information content (AvgIpc) is 2.72. The molecule has 162 valence electrons. The van der Waals surface area contributed by atoms with Crippen LogP contribution in [0.5, 0.6) is 0 Å². The van der Waals surface area contributed by atoms with Gasteiger partial charge in [0, 0.05) is 0 Å². The fraction of sp³-hybridized carbons (Fsp3) is 0.786. The van der Waals surface area contributed by atoms with Crippen LogP contribution in [0, 0.1) is 5.92 Å². The highest BCUT2D eigenvalue weighted by Crippen LogP contribution is 2.23. The maximum absolute atomic E-state index is 2.33. The lowest BCUT2D eigenvalue weighted by Crippen LogP contribution is -2.05. The zero-order chi connectivity index (χ0) is 20.1. The predicted molar refractivity (Wildman–Crippen MR) is 128 cm³/mol. The number of hydrogen-bond acceptors (Lipinski definition) is 0. The Balaban J connectivity index is 2.16. The highest BCUT2D eigenvalue weighted by atomic mass is 14.2. The fourth-order valence-electron chi connectivity index (χ4n) is 4.43. The van der Waals surface area contributed by atoms with E-state index in [1.165, 1.54) is 122 Å². The zero-order valence-corrected chi connectivity index (χ0v) is 19.4. The number of rotatable bonds is 20. The van der Waals surface area contributed by atoms with E-state index in [1.807, 2.05) is 0 Å². The third-order valence-electron chi connectivity index (χ3n) is 6.30. The molecule has 0 amide bonds. The standard InChI is InChI=1S/C28H50/c1-3-5-7-9-11-12-14-16-19-23-27(26-28-24-20-17-21-25-28)22-18-15-13-10-8-6-4-2/h17,20-21,24-25,27H,3-16,18-19,22-23,26H2,1-2H3. The van der Waals surface area contributed by atoms with Crippen molar-refractivity contribution in [3.63, 3.8) is 0 Å².